The number of aliphatic imine (C=N–C) groups is 1. The first kappa shape index (κ1) is 13.9. The van der Waals surface area contributed by atoms with Crippen molar-refractivity contribution in [2.24, 2.45) is 10.7 Å². The van der Waals surface area contributed by atoms with Crippen molar-refractivity contribution < 1.29 is 0 Å². The first-order valence-electron chi connectivity index (χ1n) is 6.54. The fraction of sp³-hybridized carbons (Fsp3) is 0.188. The van der Waals surface area contributed by atoms with Gasteiger partial charge < -0.3 is 5.73 Å². The molecular formula is C16H18N4. The molecule has 0 aliphatic heterocycles. The van der Waals surface area contributed by atoms with Crippen LogP contribution in [0.3, 0.4) is 0 Å². The molecule has 2 N–H and O–H groups in total. The Kier molecular flexibility index (Phi) is 4.60. The molecule has 102 valence electrons. The Hall–Kier alpha value is -2.49. The number of hydrogen-bond donors (Lipinski definition) is 1. The molecule has 0 aromatic carbocycles. The molecule has 2 aromatic rings. The van der Waals surface area contributed by atoms with Crippen LogP contribution >= 0.6 is 0 Å². The molecule has 0 unspecified atom stereocenters. The van der Waals surface area contributed by atoms with Crippen molar-refractivity contribution in [3.8, 4) is 0 Å². The highest BCUT2D eigenvalue weighted by atomic mass is 14.8. The van der Waals surface area contributed by atoms with Gasteiger partial charge in [-0.15, -0.1) is 0 Å². The van der Waals surface area contributed by atoms with Gasteiger partial charge in [0, 0.05) is 18.4 Å². The quantitative estimate of drug-likeness (QED) is 0.865. The van der Waals surface area contributed by atoms with E-state index in [0.29, 0.717) is 5.70 Å². The first-order valence-corrected chi connectivity index (χ1v) is 6.54. The molecule has 2 rings (SSSR count). The van der Waals surface area contributed by atoms with Crippen molar-refractivity contribution in [1.29, 1.82) is 0 Å². The van der Waals surface area contributed by atoms with Gasteiger partial charge in [-0.25, -0.2) is 0 Å². The lowest BCUT2D eigenvalue weighted by Gasteiger charge is -2.06. The lowest BCUT2D eigenvalue weighted by atomic mass is 10.1. The molecule has 0 aliphatic rings. The molecule has 4 nitrogen and oxygen atoms in total. The van der Waals surface area contributed by atoms with Gasteiger partial charge in [-0.05, 0) is 44.2 Å². The fourth-order valence-corrected chi connectivity index (χ4v) is 1.72. The van der Waals surface area contributed by atoms with Crippen LogP contribution in [0.15, 0.2) is 59.9 Å². The Bertz CT molecular complexity index is 601. The first-order chi connectivity index (χ1) is 9.66. The number of rotatable bonds is 4. The predicted octanol–water partition coefficient (Wildman–Crippen LogP) is 2.67. The summed E-state index contributed by atoms with van der Waals surface area (Å²) in [7, 11) is 0. The van der Waals surface area contributed by atoms with E-state index in [4.69, 9.17) is 5.73 Å². The van der Waals surface area contributed by atoms with Crippen LogP contribution in [0.4, 0.5) is 0 Å². The van der Waals surface area contributed by atoms with Crippen LogP contribution in [0.1, 0.15) is 25.2 Å². The molecule has 20 heavy (non-hydrogen) atoms. The third kappa shape index (κ3) is 3.75. The van der Waals surface area contributed by atoms with E-state index in [0.717, 1.165) is 17.1 Å². The van der Waals surface area contributed by atoms with E-state index in [1.807, 2.05) is 56.3 Å². The zero-order valence-corrected chi connectivity index (χ0v) is 11.7. The van der Waals surface area contributed by atoms with E-state index in [1.165, 1.54) is 0 Å². The van der Waals surface area contributed by atoms with Gasteiger partial charge >= 0.3 is 0 Å². The summed E-state index contributed by atoms with van der Waals surface area (Å²) >= 11 is 0. The maximum atomic E-state index is 6.10. The Balaban J connectivity index is 2.39. The highest BCUT2D eigenvalue weighted by molar-refractivity contribution is 6.10. The van der Waals surface area contributed by atoms with Gasteiger partial charge in [-0.1, -0.05) is 12.1 Å². The van der Waals surface area contributed by atoms with Crippen molar-refractivity contribution in [2.45, 2.75) is 19.9 Å². The van der Waals surface area contributed by atoms with Crippen LogP contribution in [0, 0.1) is 0 Å². The molecule has 0 aliphatic carbocycles. The van der Waals surface area contributed by atoms with Gasteiger partial charge in [0.15, 0.2) is 0 Å². The second-order valence-electron chi connectivity index (χ2n) is 4.64. The summed E-state index contributed by atoms with van der Waals surface area (Å²) < 4.78 is 0. The van der Waals surface area contributed by atoms with Crippen molar-refractivity contribution in [2.75, 3.05) is 0 Å². The van der Waals surface area contributed by atoms with Crippen molar-refractivity contribution in [1.82, 2.24) is 9.97 Å². The standard InChI is InChI=1S/C16H18N4/c1-12(2)20-16(15-8-4-6-10-19-15)11-13(17)14-7-3-5-9-18-14/h3-12H,17H2,1-2H3. The minimum Gasteiger partial charge on any atom is -0.397 e. The molecule has 2 heterocycles. The lowest BCUT2D eigenvalue weighted by molar-refractivity contribution is 0.836. The summed E-state index contributed by atoms with van der Waals surface area (Å²) in [5, 5.41) is 0. The highest BCUT2D eigenvalue weighted by Gasteiger charge is 2.05. The SMILES string of the molecule is CC(C)N=C(C=C(N)c1ccccn1)c1ccccn1. The van der Waals surface area contributed by atoms with E-state index in [1.54, 1.807) is 12.4 Å². The second-order valence-corrected chi connectivity index (χ2v) is 4.64. The molecule has 2 aromatic heterocycles. The minimum atomic E-state index is 0.166. The summed E-state index contributed by atoms with van der Waals surface area (Å²) in [5.74, 6) is 0. The van der Waals surface area contributed by atoms with Gasteiger partial charge in [0.25, 0.3) is 0 Å². The predicted molar refractivity (Wildman–Crippen MR) is 82.3 cm³/mol. The van der Waals surface area contributed by atoms with Crippen molar-refractivity contribution in [3.63, 3.8) is 0 Å². The van der Waals surface area contributed by atoms with Crippen molar-refractivity contribution in [3.05, 3.63) is 66.3 Å². The zero-order valence-electron chi connectivity index (χ0n) is 11.7. The van der Waals surface area contributed by atoms with Crippen LogP contribution in [-0.4, -0.2) is 21.7 Å². The summed E-state index contributed by atoms with van der Waals surface area (Å²) in [5.41, 5.74) is 8.99. The number of pyridine rings is 2. The summed E-state index contributed by atoms with van der Waals surface area (Å²) in [4.78, 5) is 13.1. The minimum absolute atomic E-state index is 0.166. The van der Waals surface area contributed by atoms with E-state index in [-0.39, 0.29) is 6.04 Å². The molecule has 0 spiro atoms. The van der Waals surface area contributed by atoms with Gasteiger partial charge in [0.1, 0.15) is 0 Å². The molecule has 0 fully saturated rings. The Labute approximate surface area is 119 Å². The van der Waals surface area contributed by atoms with Crippen LogP contribution in [-0.2, 0) is 0 Å². The van der Waals surface area contributed by atoms with Crippen LogP contribution in [0.2, 0.25) is 0 Å². The third-order valence-corrected chi connectivity index (χ3v) is 2.58. The van der Waals surface area contributed by atoms with Crippen molar-refractivity contribution >= 4 is 11.4 Å². The largest absolute Gasteiger partial charge is 0.397 e. The average Bonchev–Trinajstić information content (AvgIpc) is 2.48. The van der Waals surface area contributed by atoms with Crippen LogP contribution in [0.25, 0.3) is 5.70 Å². The molecule has 4 heteroatoms. The maximum Gasteiger partial charge on any atom is 0.0882 e. The molecule has 0 amide bonds. The topological polar surface area (TPSA) is 64.2 Å². The third-order valence-electron chi connectivity index (χ3n) is 2.58. The molecule has 0 radical (unpaired) electrons. The summed E-state index contributed by atoms with van der Waals surface area (Å²) in [6, 6.07) is 11.5. The number of hydrogen-bond acceptors (Lipinski definition) is 4. The van der Waals surface area contributed by atoms with E-state index < -0.39 is 0 Å². The fourth-order valence-electron chi connectivity index (χ4n) is 1.72. The smallest absolute Gasteiger partial charge is 0.0882 e. The molecule has 0 saturated heterocycles. The number of nitrogens with two attached hydrogens (primary N) is 1. The zero-order chi connectivity index (χ0) is 14.4. The van der Waals surface area contributed by atoms with Gasteiger partial charge in [-0.3, -0.25) is 15.0 Å². The maximum absolute atomic E-state index is 6.10. The summed E-state index contributed by atoms with van der Waals surface area (Å²) in [6.07, 6.45) is 5.29. The number of nitrogens with zero attached hydrogens (tertiary/aromatic N) is 3. The van der Waals surface area contributed by atoms with Crippen LogP contribution in [0.5, 0.6) is 0 Å². The lowest BCUT2D eigenvalue weighted by Crippen LogP contribution is -2.08. The van der Waals surface area contributed by atoms with Gasteiger partial charge in [0.05, 0.1) is 22.8 Å². The monoisotopic (exact) mass is 266 g/mol. The Morgan fingerprint density at radius 2 is 1.65 bits per heavy atom. The normalized spacial score (nSPS) is 12.8. The van der Waals surface area contributed by atoms with E-state index in [2.05, 4.69) is 15.0 Å². The van der Waals surface area contributed by atoms with Gasteiger partial charge in [-0.2, -0.15) is 0 Å². The molecule has 0 bridgehead atoms. The molecule has 0 saturated carbocycles. The van der Waals surface area contributed by atoms with E-state index >= 15 is 0 Å². The van der Waals surface area contributed by atoms with E-state index in [9.17, 15) is 0 Å². The van der Waals surface area contributed by atoms with Crippen LogP contribution < -0.4 is 5.73 Å². The highest BCUT2D eigenvalue weighted by Crippen LogP contribution is 2.08. The Morgan fingerprint density at radius 1 is 1.05 bits per heavy atom. The molecule has 0 atom stereocenters. The number of aromatic nitrogens is 2. The second kappa shape index (κ2) is 6.61. The summed E-state index contributed by atoms with van der Waals surface area (Å²) in [6.45, 7) is 4.04. The average molecular weight is 266 g/mol. The Morgan fingerprint density at radius 3 is 2.15 bits per heavy atom. The molecular weight excluding hydrogens is 248 g/mol. The number of allylic oxidation sites excluding steroid dienone is 1. The van der Waals surface area contributed by atoms with Gasteiger partial charge in [0.2, 0.25) is 0 Å².